The summed E-state index contributed by atoms with van der Waals surface area (Å²) in [5, 5.41) is 10.0. The van der Waals surface area contributed by atoms with Gasteiger partial charge in [0.15, 0.2) is 5.13 Å². The topological polar surface area (TPSA) is 113 Å². The summed E-state index contributed by atoms with van der Waals surface area (Å²) in [6.07, 6.45) is 2.80. The highest BCUT2D eigenvalue weighted by atomic mass is 32.1. The summed E-state index contributed by atoms with van der Waals surface area (Å²) in [4.78, 5) is 45.3. The average molecular weight is 522 g/mol. The van der Waals surface area contributed by atoms with E-state index in [1.807, 2.05) is 0 Å². The normalized spacial score (nSPS) is 11.4. The van der Waals surface area contributed by atoms with E-state index in [1.165, 1.54) is 24.5 Å². The molecule has 0 fully saturated rings. The maximum absolute atomic E-state index is 13.3. The third kappa shape index (κ3) is 7.01. The van der Waals surface area contributed by atoms with Crippen LogP contribution in [0.15, 0.2) is 72.4 Å². The van der Waals surface area contributed by atoms with E-state index in [1.54, 1.807) is 48.0 Å². The Hall–Kier alpha value is -4.51. The highest BCUT2D eigenvalue weighted by Crippen LogP contribution is 2.26. The lowest BCUT2D eigenvalue weighted by Crippen LogP contribution is -2.42. The number of hydrogen-bond acceptors (Lipinski definition) is 6. The van der Waals surface area contributed by atoms with Crippen LogP contribution in [0.4, 0.5) is 19.6 Å². The van der Waals surface area contributed by atoms with Gasteiger partial charge in [0.25, 0.3) is 5.91 Å². The first-order chi connectivity index (χ1) is 17.8. The minimum atomic E-state index is -0.902. The number of benzene rings is 2. The van der Waals surface area contributed by atoms with Crippen molar-refractivity contribution < 1.29 is 23.2 Å². The second-order valence-electron chi connectivity index (χ2n) is 8.04. The number of thiazole rings is 1. The highest BCUT2D eigenvalue weighted by molar-refractivity contribution is 7.14. The number of carbonyl (C=O) groups excluding carboxylic acids is 3. The molecule has 2 aromatic heterocycles. The second-order valence-corrected chi connectivity index (χ2v) is 8.90. The van der Waals surface area contributed by atoms with Gasteiger partial charge in [-0.15, -0.1) is 11.3 Å². The Morgan fingerprint density at radius 2 is 1.73 bits per heavy atom. The van der Waals surface area contributed by atoms with Crippen molar-refractivity contribution in [2.45, 2.75) is 19.4 Å². The van der Waals surface area contributed by atoms with E-state index in [0.717, 1.165) is 23.8 Å². The Balaban J connectivity index is 1.30. The molecule has 11 heteroatoms. The van der Waals surface area contributed by atoms with Crippen LogP contribution in [0.5, 0.6) is 0 Å². The van der Waals surface area contributed by atoms with Crippen LogP contribution in [-0.2, 0) is 16.0 Å². The molecular weight excluding hydrogens is 500 g/mol. The standard InChI is InChI=1S/C26H21F2N5O3S/c1-15(30-23(34)11-16-9-19(27)12-20(28)10-16)24(35)33-26-32-22(14-37-26)17-4-6-21(7-5-17)31-25(36)18-3-2-8-29-13-18/h2-10,12-15H,11H2,1H3,(H,30,34)(H,31,36)(H,32,33,35)/t15-/m0/s1. The van der Waals surface area contributed by atoms with Crippen LogP contribution in [0.25, 0.3) is 11.3 Å². The van der Waals surface area contributed by atoms with Crippen LogP contribution in [0.3, 0.4) is 0 Å². The van der Waals surface area contributed by atoms with E-state index in [2.05, 4.69) is 25.9 Å². The van der Waals surface area contributed by atoms with Gasteiger partial charge in [0.2, 0.25) is 11.8 Å². The first-order valence-corrected chi connectivity index (χ1v) is 12.0. The summed E-state index contributed by atoms with van der Waals surface area (Å²) in [6.45, 7) is 1.49. The van der Waals surface area contributed by atoms with Gasteiger partial charge in [-0.2, -0.15) is 0 Å². The van der Waals surface area contributed by atoms with Crippen LogP contribution < -0.4 is 16.0 Å². The summed E-state index contributed by atoms with van der Waals surface area (Å²) in [5.41, 5.74) is 2.61. The molecule has 1 atom stereocenters. The van der Waals surface area contributed by atoms with Gasteiger partial charge < -0.3 is 16.0 Å². The maximum Gasteiger partial charge on any atom is 0.257 e. The third-order valence-electron chi connectivity index (χ3n) is 5.15. The van der Waals surface area contributed by atoms with Gasteiger partial charge >= 0.3 is 0 Å². The molecule has 8 nitrogen and oxygen atoms in total. The number of nitrogens with one attached hydrogen (secondary N) is 3. The lowest BCUT2D eigenvalue weighted by Gasteiger charge is -2.13. The van der Waals surface area contributed by atoms with Crippen molar-refractivity contribution in [2.75, 3.05) is 10.6 Å². The lowest BCUT2D eigenvalue weighted by atomic mass is 10.1. The molecule has 37 heavy (non-hydrogen) atoms. The van der Waals surface area contributed by atoms with E-state index in [4.69, 9.17) is 0 Å². The van der Waals surface area contributed by atoms with Crippen molar-refractivity contribution in [1.29, 1.82) is 0 Å². The predicted octanol–water partition coefficient (Wildman–Crippen LogP) is 4.42. The van der Waals surface area contributed by atoms with Crippen LogP contribution in [0.2, 0.25) is 0 Å². The number of aromatic nitrogens is 2. The molecule has 2 heterocycles. The molecule has 4 aromatic rings. The Morgan fingerprint density at radius 1 is 1.00 bits per heavy atom. The zero-order valence-electron chi connectivity index (χ0n) is 19.5. The molecule has 3 N–H and O–H groups in total. The SMILES string of the molecule is C[C@H](NC(=O)Cc1cc(F)cc(F)c1)C(=O)Nc1nc(-c2ccc(NC(=O)c3cccnc3)cc2)cs1. The van der Waals surface area contributed by atoms with Crippen molar-refractivity contribution in [3.8, 4) is 11.3 Å². The summed E-state index contributed by atoms with van der Waals surface area (Å²) in [5.74, 6) is -2.88. The van der Waals surface area contributed by atoms with Crippen LogP contribution in [0.1, 0.15) is 22.8 Å². The highest BCUT2D eigenvalue weighted by Gasteiger charge is 2.18. The monoisotopic (exact) mass is 521 g/mol. The number of halogens is 2. The Labute approximate surface area is 214 Å². The van der Waals surface area contributed by atoms with E-state index in [9.17, 15) is 23.2 Å². The maximum atomic E-state index is 13.3. The number of rotatable bonds is 8. The smallest absolute Gasteiger partial charge is 0.257 e. The van der Waals surface area contributed by atoms with Crippen molar-refractivity contribution in [2.24, 2.45) is 0 Å². The largest absolute Gasteiger partial charge is 0.344 e. The van der Waals surface area contributed by atoms with Crippen LogP contribution >= 0.6 is 11.3 Å². The molecule has 0 aliphatic carbocycles. The number of pyridine rings is 1. The Bertz CT molecular complexity index is 1410. The summed E-state index contributed by atoms with van der Waals surface area (Å²) < 4.78 is 26.6. The first-order valence-electron chi connectivity index (χ1n) is 11.1. The molecule has 188 valence electrons. The number of nitrogens with zero attached hydrogens (tertiary/aromatic N) is 2. The molecular formula is C26H21F2N5O3S. The Morgan fingerprint density at radius 3 is 2.41 bits per heavy atom. The van der Waals surface area contributed by atoms with Gasteiger partial charge in [0, 0.05) is 35.1 Å². The van der Waals surface area contributed by atoms with Gasteiger partial charge in [-0.3, -0.25) is 19.4 Å². The van der Waals surface area contributed by atoms with E-state index >= 15 is 0 Å². The van der Waals surface area contributed by atoms with Crippen molar-refractivity contribution >= 4 is 39.9 Å². The van der Waals surface area contributed by atoms with E-state index < -0.39 is 29.5 Å². The van der Waals surface area contributed by atoms with E-state index in [-0.39, 0.29) is 17.9 Å². The summed E-state index contributed by atoms with van der Waals surface area (Å²) in [7, 11) is 0. The van der Waals surface area contributed by atoms with Gasteiger partial charge in [-0.05, 0) is 48.9 Å². The molecule has 0 saturated heterocycles. The molecule has 0 bridgehead atoms. The second kappa shape index (κ2) is 11.5. The van der Waals surface area contributed by atoms with Crippen molar-refractivity contribution in [3.63, 3.8) is 0 Å². The molecule has 2 aromatic carbocycles. The fourth-order valence-corrected chi connectivity index (χ4v) is 4.08. The zero-order valence-corrected chi connectivity index (χ0v) is 20.3. The van der Waals surface area contributed by atoms with Crippen LogP contribution in [-0.4, -0.2) is 33.7 Å². The fraction of sp³-hybridized carbons (Fsp3) is 0.115. The Kier molecular flexibility index (Phi) is 7.94. The van der Waals surface area contributed by atoms with E-state index in [0.29, 0.717) is 22.1 Å². The van der Waals surface area contributed by atoms with Gasteiger partial charge in [-0.1, -0.05) is 12.1 Å². The minimum absolute atomic E-state index is 0.162. The van der Waals surface area contributed by atoms with Gasteiger partial charge in [-0.25, -0.2) is 13.8 Å². The number of carbonyl (C=O) groups is 3. The fourth-order valence-electron chi connectivity index (χ4n) is 3.36. The number of hydrogen-bond donors (Lipinski definition) is 3. The molecule has 0 unspecified atom stereocenters. The van der Waals surface area contributed by atoms with Crippen molar-refractivity contribution in [1.82, 2.24) is 15.3 Å². The molecule has 3 amide bonds. The van der Waals surface area contributed by atoms with Gasteiger partial charge in [0.1, 0.15) is 17.7 Å². The summed E-state index contributed by atoms with van der Waals surface area (Å²) in [6, 6.07) is 12.3. The van der Waals surface area contributed by atoms with Gasteiger partial charge in [0.05, 0.1) is 17.7 Å². The number of anilines is 2. The number of amides is 3. The molecule has 0 spiro atoms. The summed E-state index contributed by atoms with van der Waals surface area (Å²) >= 11 is 1.21. The molecule has 0 radical (unpaired) electrons. The average Bonchev–Trinajstić information content (AvgIpc) is 3.32. The molecule has 0 saturated carbocycles. The quantitative estimate of drug-likeness (QED) is 0.318. The molecule has 0 aliphatic heterocycles. The molecule has 0 aliphatic rings. The third-order valence-corrected chi connectivity index (χ3v) is 5.91. The van der Waals surface area contributed by atoms with Crippen LogP contribution in [0, 0.1) is 11.6 Å². The lowest BCUT2D eigenvalue weighted by molar-refractivity contribution is -0.125. The minimum Gasteiger partial charge on any atom is -0.344 e. The van der Waals surface area contributed by atoms with Crippen molar-refractivity contribution in [3.05, 3.63) is 95.1 Å². The zero-order chi connectivity index (χ0) is 26.4. The predicted molar refractivity (Wildman–Crippen MR) is 136 cm³/mol. The first kappa shape index (κ1) is 25.6. The molecule has 4 rings (SSSR count).